The van der Waals surface area contributed by atoms with Crippen molar-refractivity contribution in [2.75, 3.05) is 31.1 Å². The summed E-state index contributed by atoms with van der Waals surface area (Å²) in [5.74, 6) is 1.45. The van der Waals surface area contributed by atoms with Crippen LogP contribution in [0.2, 0.25) is 0 Å². The van der Waals surface area contributed by atoms with Gasteiger partial charge in [-0.2, -0.15) is 0 Å². The number of hydrogen-bond donors (Lipinski definition) is 1. The van der Waals surface area contributed by atoms with E-state index in [2.05, 4.69) is 16.9 Å². The molecule has 0 unspecified atom stereocenters. The van der Waals surface area contributed by atoms with Gasteiger partial charge in [-0.1, -0.05) is 6.92 Å². The third kappa shape index (κ3) is 3.32. The molecule has 1 aromatic rings. The molecule has 1 amide bonds. The lowest BCUT2D eigenvalue weighted by Gasteiger charge is -2.40. The molecule has 6 heteroatoms. The molecule has 0 saturated carbocycles. The highest BCUT2D eigenvalue weighted by Crippen LogP contribution is 2.28. The zero-order valence-electron chi connectivity index (χ0n) is 14.1. The molecule has 1 aromatic heterocycles. The van der Waals surface area contributed by atoms with Crippen LogP contribution in [0.3, 0.4) is 0 Å². The van der Waals surface area contributed by atoms with Crippen LogP contribution in [-0.4, -0.2) is 57.7 Å². The second kappa shape index (κ2) is 6.43. The van der Waals surface area contributed by atoms with Crippen LogP contribution in [0.5, 0.6) is 0 Å². The molecule has 0 aromatic carbocycles. The summed E-state index contributed by atoms with van der Waals surface area (Å²) in [6.07, 6.45) is 4.25. The highest BCUT2D eigenvalue weighted by molar-refractivity contribution is 5.86. The Morgan fingerprint density at radius 2 is 2.00 bits per heavy atom. The number of anilines is 1. The van der Waals surface area contributed by atoms with Crippen molar-refractivity contribution in [2.45, 2.75) is 51.6 Å². The van der Waals surface area contributed by atoms with Gasteiger partial charge in [-0.25, -0.2) is 9.97 Å². The van der Waals surface area contributed by atoms with Gasteiger partial charge in [0.05, 0.1) is 6.54 Å². The lowest BCUT2D eigenvalue weighted by molar-refractivity contribution is -0.151. The molecule has 23 heavy (non-hydrogen) atoms. The van der Waals surface area contributed by atoms with Gasteiger partial charge in [0.1, 0.15) is 11.6 Å². The second-order valence-corrected chi connectivity index (χ2v) is 6.67. The molecular weight excluding hydrogens is 292 g/mol. The zero-order chi connectivity index (χ0) is 16.4. The number of nitrogens with zero attached hydrogens (tertiary/aromatic N) is 4. The third-order valence-electron chi connectivity index (χ3n) is 4.83. The van der Waals surface area contributed by atoms with Crippen LogP contribution >= 0.6 is 0 Å². The van der Waals surface area contributed by atoms with Crippen molar-refractivity contribution in [1.82, 2.24) is 14.9 Å². The zero-order valence-corrected chi connectivity index (χ0v) is 14.1. The summed E-state index contributed by atoms with van der Waals surface area (Å²) in [6, 6.07) is 1.97. The molecule has 0 aliphatic carbocycles. The fraction of sp³-hybridized carbons (Fsp3) is 0.706. The van der Waals surface area contributed by atoms with E-state index < -0.39 is 5.60 Å². The molecule has 6 nitrogen and oxygen atoms in total. The van der Waals surface area contributed by atoms with Crippen molar-refractivity contribution < 1.29 is 9.90 Å². The molecule has 0 spiro atoms. The van der Waals surface area contributed by atoms with Gasteiger partial charge in [0.25, 0.3) is 5.91 Å². The van der Waals surface area contributed by atoms with Gasteiger partial charge in [0.15, 0.2) is 5.60 Å². The van der Waals surface area contributed by atoms with Crippen molar-refractivity contribution >= 4 is 11.7 Å². The first-order valence-corrected chi connectivity index (χ1v) is 8.63. The van der Waals surface area contributed by atoms with E-state index in [1.165, 1.54) is 0 Å². The summed E-state index contributed by atoms with van der Waals surface area (Å²) in [6.45, 7) is 6.63. The maximum atomic E-state index is 12.7. The minimum absolute atomic E-state index is 0.110. The topological polar surface area (TPSA) is 69.6 Å². The van der Waals surface area contributed by atoms with Crippen LogP contribution in [0.25, 0.3) is 0 Å². The molecule has 2 fully saturated rings. The number of likely N-dealkylation sites (tertiary alicyclic amines) is 1. The Balaban J connectivity index is 1.79. The molecule has 0 bridgehead atoms. The molecule has 126 valence electrons. The molecule has 3 rings (SSSR count). The molecule has 1 N–H and O–H groups in total. The lowest BCUT2D eigenvalue weighted by Crippen LogP contribution is -2.58. The average Bonchev–Trinajstić information content (AvgIpc) is 3.08. The Labute approximate surface area is 137 Å². The van der Waals surface area contributed by atoms with E-state index in [1.54, 1.807) is 0 Å². The average molecular weight is 318 g/mol. The maximum absolute atomic E-state index is 12.7. The van der Waals surface area contributed by atoms with Crippen molar-refractivity contribution in [2.24, 2.45) is 0 Å². The SMILES string of the molecule is CCc1cc(N2CCC[C@](O)(C(=O)N3CCCC3)C2)nc(C)n1. The number of amides is 1. The number of hydrogen-bond acceptors (Lipinski definition) is 5. The fourth-order valence-corrected chi connectivity index (χ4v) is 3.58. The summed E-state index contributed by atoms with van der Waals surface area (Å²) in [5, 5.41) is 11.0. The van der Waals surface area contributed by atoms with Gasteiger partial charge >= 0.3 is 0 Å². The molecule has 2 aliphatic heterocycles. The van der Waals surface area contributed by atoms with Gasteiger partial charge in [-0.15, -0.1) is 0 Å². The predicted molar refractivity (Wildman–Crippen MR) is 88.4 cm³/mol. The van der Waals surface area contributed by atoms with Crippen LogP contribution in [0.1, 0.15) is 44.1 Å². The third-order valence-corrected chi connectivity index (χ3v) is 4.83. The number of piperidine rings is 1. The number of rotatable bonds is 3. The fourth-order valence-electron chi connectivity index (χ4n) is 3.58. The number of β-amino-alcohol motifs (C(OH)–C–C–N with tert-alkyl or cyclic N) is 1. The molecule has 0 radical (unpaired) electrons. The lowest BCUT2D eigenvalue weighted by atomic mass is 9.91. The standard InChI is InChI=1S/C17H26N4O2/c1-3-14-11-15(19-13(2)18-14)21-10-6-7-17(23,12-21)16(22)20-8-4-5-9-20/h11,23H,3-10,12H2,1-2H3/t17-/m1/s1. The first-order chi connectivity index (χ1) is 11.0. The van der Waals surface area contributed by atoms with E-state index in [1.807, 2.05) is 22.8 Å². The minimum Gasteiger partial charge on any atom is -0.378 e. The number of carbonyl (C=O) groups is 1. The van der Waals surface area contributed by atoms with Gasteiger partial charge in [0.2, 0.25) is 0 Å². The highest BCUT2D eigenvalue weighted by atomic mass is 16.3. The smallest absolute Gasteiger partial charge is 0.256 e. The van der Waals surface area contributed by atoms with E-state index in [0.29, 0.717) is 13.0 Å². The number of aromatic nitrogens is 2. The van der Waals surface area contributed by atoms with E-state index >= 15 is 0 Å². The van der Waals surface area contributed by atoms with Gasteiger partial charge < -0.3 is 14.9 Å². The molecule has 2 saturated heterocycles. The van der Waals surface area contributed by atoms with Crippen LogP contribution in [0.15, 0.2) is 6.07 Å². The van der Waals surface area contributed by atoms with Crippen LogP contribution < -0.4 is 4.90 Å². The first-order valence-electron chi connectivity index (χ1n) is 8.63. The van der Waals surface area contributed by atoms with E-state index in [4.69, 9.17) is 0 Å². The monoisotopic (exact) mass is 318 g/mol. The van der Waals surface area contributed by atoms with Crippen molar-refractivity contribution in [3.05, 3.63) is 17.6 Å². The van der Waals surface area contributed by atoms with E-state index in [0.717, 1.165) is 62.7 Å². The van der Waals surface area contributed by atoms with Crippen LogP contribution in [0, 0.1) is 6.92 Å². The summed E-state index contributed by atoms with van der Waals surface area (Å²) >= 11 is 0. The maximum Gasteiger partial charge on any atom is 0.256 e. The number of aliphatic hydroxyl groups is 1. The summed E-state index contributed by atoms with van der Waals surface area (Å²) in [5.41, 5.74) is -0.291. The Morgan fingerprint density at radius 1 is 1.26 bits per heavy atom. The Kier molecular flexibility index (Phi) is 4.53. The van der Waals surface area contributed by atoms with E-state index in [-0.39, 0.29) is 5.91 Å². The summed E-state index contributed by atoms with van der Waals surface area (Å²) in [7, 11) is 0. The van der Waals surface area contributed by atoms with Gasteiger partial charge in [-0.3, -0.25) is 4.79 Å². The quantitative estimate of drug-likeness (QED) is 0.910. The first kappa shape index (κ1) is 16.2. The number of aryl methyl sites for hydroxylation is 2. The van der Waals surface area contributed by atoms with Crippen LogP contribution in [-0.2, 0) is 11.2 Å². The highest BCUT2D eigenvalue weighted by Gasteiger charge is 2.43. The van der Waals surface area contributed by atoms with Crippen molar-refractivity contribution in [3.8, 4) is 0 Å². The molecule has 1 atom stereocenters. The molecule has 2 aliphatic rings. The van der Waals surface area contributed by atoms with E-state index in [9.17, 15) is 9.90 Å². The predicted octanol–water partition coefficient (Wildman–Crippen LogP) is 1.30. The van der Waals surface area contributed by atoms with Crippen LogP contribution in [0.4, 0.5) is 5.82 Å². The Morgan fingerprint density at radius 3 is 2.70 bits per heavy atom. The van der Waals surface area contributed by atoms with Gasteiger partial charge in [0, 0.05) is 31.4 Å². The van der Waals surface area contributed by atoms with Crippen molar-refractivity contribution in [3.63, 3.8) is 0 Å². The number of carbonyl (C=O) groups excluding carboxylic acids is 1. The minimum atomic E-state index is -1.28. The van der Waals surface area contributed by atoms with Crippen molar-refractivity contribution in [1.29, 1.82) is 0 Å². The Bertz CT molecular complexity index is 586. The summed E-state index contributed by atoms with van der Waals surface area (Å²) in [4.78, 5) is 25.5. The van der Waals surface area contributed by atoms with Gasteiger partial charge in [-0.05, 0) is 39.0 Å². The normalized spacial score (nSPS) is 25.0. The largest absolute Gasteiger partial charge is 0.378 e. The summed E-state index contributed by atoms with van der Waals surface area (Å²) < 4.78 is 0. The second-order valence-electron chi connectivity index (χ2n) is 6.67. The molecular formula is C17H26N4O2. The Hall–Kier alpha value is -1.69. The molecule has 3 heterocycles.